The van der Waals surface area contributed by atoms with Crippen molar-refractivity contribution in [3.05, 3.63) is 59.2 Å². The van der Waals surface area contributed by atoms with Crippen molar-refractivity contribution in [1.82, 2.24) is 10.2 Å². The molecule has 1 atom stereocenters. The highest BCUT2D eigenvalue weighted by atomic mass is 16.5. The molecule has 1 spiro atoms. The molecule has 1 saturated heterocycles. The molecule has 5 heteroatoms. The summed E-state index contributed by atoms with van der Waals surface area (Å²) in [5.74, 6) is 2.22. The monoisotopic (exact) mass is 422 g/mol. The van der Waals surface area contributed by atoms with E-state index >= 15 is 0 Å². The first-order chi connectivity index (χ1) is 15.1. The first kappa shape index (κ1) is 21.7. The number of benzene rings is 2. The zero-order chi connectivity index (χ0) is 21.8. The van der Waals surface area contributed by atoms with Crippen LogP contribution >= 0.6 is 0 Å². The number of rotatable bonds is 8. The Bertz CT molecular complexity index is 904. The lowest BCUT2D eigenvalue weighted by Crippen LogP contribution is -2.37. The standard InChI is InChI=1S/C26H34N2O3/c1-19-23(30-2)10-9-21(24(19)31-3)18-28-15-12-26(13-16-28)17-22(26)25(29)27-14-11-20-7-5-4-6-8-20/h4-10,22H,11-18H2,1-3H3,(H,27,29). The van der Waals surface area contributed by atoms with Crippen LogP contribution in [0.2, 0.25) is 0 Å². The van der Waals surface area contributed by atoms with Crippen molar-refractivity contribution in [3.63, 3.8) is 0 Å². The molecule has 1 saturated carbocycles. The summed E-state index contributed by atoms with van der Waals surface area (Å²) in [6.07, 6.45) is 4.13. The Balaban J connectivity index is 1.26. The van der Waals surface area contributed by atoms with E-state index in [2.05, 4.69) is 28.4 Å². The molecule has 166 valence electrons. The molecule has 1 amide bonds. The lowest BCUT2D eigenvalue weighted by atomic mass is 9.90. The van der Waals surface area contributed by atoms with Crippen LogP contribution in [0.1, 0.15) is 36.0 Å². The van der Waals surface area contributed by atoms with Gasteiger partial charge in [0, 0.05) is 30.1 Å². The van der Waals surface area contributed by atoms with Gasteiger partial charge in [-0.3, -0.25) is 9.69 Å². The fraction of sp³-hybridized carbons (Fsp3) is 0.500. The van der Waals surface area contributed by atoms with Crippen LogP contribution in [0.4, 0.5) is 0 Å². The second-order valence-corrected chi connectivity index (χ2v) is 9.01. The van der Waals surface area contributed by atoms with Gasteiger partial charge in [-0.15, -0.1) is 0 Å². The lowest BCUT2D eigenvalue weighted by Gasteiger charge is -2.33. The smallest absolute Gasteiger partial charge is 0.223 e. The Kier molecular flexibility index (Phi) is 6.51. The fourth-order valence-corrected chi connectivity index (χ4v) is 5.13. The molecule has 2 aromatic rings. The van der Waals surface area contributed by atoms with E-state index in [9.17, 15) is 4.79 Å². The van der Waals surface area contributed by atoms with Crippen LogP contribution in [0, 0.1) is 18.3 Å². The number of carbonyl (C=O) groups is 1. The number of likely N-dealkylation sites (tertiary alicyclic amines) is 1. The van der Waals surface area contributed by atoms with Crippen LogP contribution < -0.4 is 14.8 Å². The normalized spacial score (nSPS) is 19.8. The summed E-state index contributed by atoms with van der Waals surface area (Å²) in [5, 5.41) is 3.17. The number of nitrogens with one attached hydrogen (secondary N) is 1. The number of carbonyl (C=O) groups excluding carboxylic acids is 1. The molecular formula is C26H34N2O3. The summed E-state index contributed by atoms with van der Waals surface area (Å²) in [6, 6.07) is 14.5. The second kappa shape index (κ2) is 9.31. The number of piperidine rings is 1. The summed E-state index contributed by atoms with van der Waals surface area (Å²) >= 11 is 0. The number of nitrogens with zero attached hydrogens (tertiary/aromatic N) is 1. The number of methoxy groups -OCH3 is 2. The van der Waals surface area contributed by atoms with Gasteiger partial charge in [0.05, 0.1) is 14.2 Å². The third kappa shape index (κ3) is 4.72. The molecule has 1 unspecified atom stereocenters. The average molecular weight is 423 g/mol. The quantitative estimate of drug-likeness (QED) is 0.699. The Morgan fingerprint density at radius 1 is 1.10 bits per heavy atom. The lowest BCUT2D eigenvalue weighted by molar-refractivity contribution is -0.123. The first-order valence-corrected chi connectivity index (χ1v) is 11.3. The van der Waals surface area contributed by atoms with E-state index < -0.39 is 0 Å². The Hall–Kier alpha value is -2.53. The molecule has 2 fully saturated rings. The Morgan fingerprint density at radius 2 is 1.84 bits per heavy atom. The van der Waals surface area contributed by atoms with Crippen molar-refractivity contribution in [3.8, 4) is 11.5 Å². The van der Waals surface area contributed by atoms with E-state index in [0.717, 1.165) is 68.9 Å². The first-order valence-electron chi connectivity index (χ1n) is 11.3. The molecule has 31 heavy (non-hydrogen) atoms. The number of amides is 1. The summed E-state index contributed by atoms with van der Waals surface area (Å²) in [6.45, 7) is 5.69. The van der Waals surface area contributed by atoms with Gasteiger partial charge in [-0.25, -0.2) is 0 Å². The topological polar surface area (TPSA) is 50.8 Å². The molecule has 5 nitrogen and oxygen atoms in total. The maximum atomic E-state index is 12.7. The highest BCUT2D eigenvalue weighted by molar-refractivity contribution is 5.82. The van der Waals surface area contributed by atoms with Gasteiger partial charge in [0.15, 0.2) is 0 Å². The van der Waals surface area contributed by atoms with Crippen LogP contribution in [0.5, 0.6) is 11.5 Å². The van der Waals surface area contributed by atoms with Crippen molar-refractivity contribution < 1.29 is 14.3 Å². The minimum absolute atomic E-state index is 0.197. The van der Waals surface area contributed by atoms with Gasteiger partial charge >= 0.3 is 0 Å². The minimum Gasteiger partial charge on any atom is -0.496 e. The summed E-state index contributed by atoms with van der Waals surface area (Å²) in [7, 11) is 3.41. The van der Waals surface area contributed by atoms with Crippen molar-refractivity contribution in [1.29, 1.82) is 0 Å². The maximum Gasteiger partial charge on any atom is 0.223 e. The van der Waals surface area contributed by atoms with Crippen molar-refractivity contribution in [2.45, 2.75) is 39.2 Å². The van der Waals surface area contributed by atoms with Crippen LogP contribution in [0.15, 0.2) is 42.5 Å². The third-order valence-corrected chi connectivity index (χ3v) is 7.17. The van der Waals surface area contributed by atoms with E-state index in [4.69, 9.17) is 9.47 Å². The van der Waals surface area contributed by atoms with Gasteiger partial charge in [-0.1, -0.05) is 36.4 Å². The minimum atomic E-state index is 0.197. The molecule has 0 radical (unpaired) electrons. The SMILES string of the molecule is COc1ccc(CN2CCC3(CC2)CC3C(=O)NCCc2ccccc2)c(OC)c1C. The number of hydrogen-bond donors (Lipinski definition) is 1. The number of hydrogen-bond acceptors (Lipinski definition) is 4. The summed E-state index contributed by atoms with van der Waals surface area (Å²) in [5.41, 5.74) is 3.74. The van der Waals surface area contributed by atoms with Crippen molar-refractivity contribution in [2.75, 3.05) is 33.9 Å². The molecule has 1 aliphatic carbocycles. The Labute approximate surface area is 185 Å². The highest BCUT2D eigenvalue weighted by Crippen LogP contribution is 2.59. The van der Waals surface area contributed by atoms with E-state index in [1.165, 1.54) is 11.1 Å². The van der Waals surface area contributed by atoms with Gasteiger partial charge in [0.2, 0.25) is 5.91 Å². The number of ether oxygens (including phenoxy) is 2. The summed E-state index contributed by atoms with van der Waals surface area (Å²) < 4.78 is 11.1. The zero-order valence-electron chi connectivity index (χ0n) is 18.9. The Morgan fingerprint density at radius 3 is 2.52 bits per heavy atom. The highest BCUT2D eigenvalue weighted by Gasteiger charge is 2.58. The molecule has 2 aromatic carbocycles. The maximum absolute atomic E-state index is 12.7. The van der Waals surface area contributed by atoms with Gasteiger partial charge in [-0.2, -0.15) is 0 Å². The molecule has 0 aromatic heterocycles. The van der Waals surface area contributed by atoms with Gasteiger partial charge in [0.1, 0.15) is 11.5 Å². The molecule has 1 heterocycles. The second-order valence-electron chi connectivity index (χ2n) is 9.01. The van der Waals surface area contributed by atoms with Crippen molar-refractivity contribution >= 4 is 5.91 Å². The van der Waals surface area contributed by atoms with Crippen molar-refractivity contribution in [2.24, 2.45) is 11.3 Å². The zero-order valence-corrected chi connectivity index (χ0v) is 18.9. The van der Waals surface area contributed by atoms with Crippen LogP contribution in [-0.4, -0.2) is 44.7 Å². The molecule has 4 rings (SSSR count). The van der Waals surface area contributed by atoms with Gasteiger partial charge in [-0.05, 0) is 62.7 Å². The summed E-state index contributed by atoms with van der Waals surface area (Å²) in [4.78, 5) is 15.2. The van der Waals surface area contributed by atoms with E-state index in [0.29, 0.717) is 0 Å². The van der Waals surface area contributed by atoms with Gasteiger partial charge < -0.3 is 14.8 Å². The largest absolute Gasteiger partial charge is 0.496 e. The fourth-order valence-electron chi connectivity index (χ4n) is 5.13. The van der Waals surface area contributed by atoms with Gasteiger partial charge in [0.25, 0.3) is 0 Å². The molecule has 1 aliphatic heterocycles. The predicted octanol–water partition coefficient (Wildman–Crippen LogP) is 3.97. The average Bonchev–Trinajstić information content (AvgIpc) is 3.50. The van der Waals surface area contributed by atoms with Crippen LogP contribution in [-0.2, 0) is 17.8 Å². The van der Waals surface area contributed by atoms with E-state index in [1.807, 2.05) is 31.2 Å². The van der Waals surface area contributed by atoms with E-state index in [1.54, 1.807) is 14.2 Å². The molecule has 2 aliphatic rings. The molecule has 0 bridgehead atoms. The molecule has 1 N–H and O–H groups in total. The predicted molar refractivity (Wildman–Crippen MR) is 122 cm³/mol. The van der Waals surface area contributed by atoms with E-state index in [-0.39, 0.29) is 17.2 Å². The third-order valence-electron chi connectivity index (χ3n) is 7.17. The van der Waals surface area contributed by atoms with Crippen LogP contribution in [0.25, 0.3) is 0 Å². The molecular weight excluding hydrogens is 388 g/mol. The van der Waals surface area contributed by atoms with Crippen LogP contribution in [0.3, 0.4) is 0 Å².